The number of sulfonamides is 1. The van der Waals surface area contributed by atoms with Gasteiger partial charge < -0.3 is 0 Å². The number of sulfone groups is 1. The van der Waals surface area contributed by atoms with E-state index in [4.69, 9.17) is 0 Å². The molecule has 2 rings (SSSR count). The molecule has 0 bridgehead atoms. The highest BCUT2D eigenvalue weighted by atomic mass is 32.2. The minimum atomic E-state index is -3.93. The topological polar surface area (TPSA) is 123 Å². The second-order valence-electron chi connectivity index (χ2n) is 5.26. The van der Waals surface area contributed by atoms with Crippen LogP contribution in [0, 0.1) is 10.1 Å². The molecule has 10 heteroatoms. The van der Waals surface area contributed by atoms with Gasteiger partial charge in [-0.1, -0.05) is 0 Å². The van der Waals surface area contributed by atoms with Gasteiger partial charge >= 0.3 is 0 Å². The van der Waals surface area contributed by atoms with E-state index in [1.54, 1.807) is 0 Å². The van der Waals surface area contributed by atoms with Crippen LogP contribution in [0.25, 0.3) is 0 Å². The van der Waals surface area contributed by atoms with Gasteiger partial charge in [-0.3, -0.25) is 10.1 Å². The first-order valence-corrected chi connectivity index (χ1v) is 9.32. The van der Waals surface area contributed by atoms with Gasteiger partial charge in [0.1, 0.15) is 0 Å². The smallest absolute Gasteiger partial charge is 0.258 e. The Morgan fingerprint density at radius 2 is 1.86 bits per heavy atom. The average molecular weight is 334 g/mol. The Balaban J connectivity index is 2.25. The Bertz CT molecular complexity index is 769. The summed E-state index contributed by atoms with van der Waals surface area (Å²) in [6, 6.07) is 4.41. The van der Waals surface area contributed by atoms with Crippen molar-refractivity contribution in [3.8, 4) is 0 Å². The van der Waals surface area contributed by atoms with Gasteiger partial charge in [0.2, 0.25) is 10.0 Å². The van der Waals surface area contributed by atoms with E-state index in [1.165, 1.54) is 6.92 Å². The number of benzene rings is 1. The molecular weight excluding hydrogens is 320 g/mol. The van der Waals surface area contributed by atoms with Crippen LogP contribution in [0.4, 0.5) is 5.69 Å². The van der Waals surface area contributed by atoms with Gasteiger partial charge in [0.05, 0.1) is 21.3 Å². The van der Waals surface area contributed by atoms with E-state index in [9.17, 15) is 26.9 Å². The lowest BCUT2D eigenvalue weighted by atomic mass is 10.0. The highest BCUT2D eigenvalue weighted by Gasteiger charge is 2.41. The molecule has 0 amide bonds. The van der Waals surface area contributed by atoms with E-state index in [0.717, 1.165) is 24.3 Å². The van der Waals surface area contributed by atoms with Crippen molar-refractivity contribution < 1.29 is 21.8 Å². The van der Waals surface area contributed by atoms with Crippen LogP contribution in [0.3, 0.4) is 0 Å². The maximum absolute atomic E-state index is 12.2. The van der Waals surface area contributed by atoms with Crippen molar-refractivity contribution in [1.82, 2.24) is 4.72 Å². The fourth-order valence-electron chi connectivity index (χ4n) is 2.22. The normalized spacial score (nSPS) is 24.8. The van der Waals surface area contributed by atoms with Gasteiger partial charge in [-0.25, -0.2) is 21.6 Å². The number of nitrogens with one attached hydrogen (secondary N) is 1. The highest BCUT2D eigenvalue weighted by Crippen LogP contribution is 2.25. The molecule has 1 aliphatic rings. The fourth-order valence-corrected chi connectivity index (χ4v) is 5.84. The maximum atomic E-state index is 12.2. The summed E-state index contributed by atoms with van der Waals surface area (Å²) in [5.41, 5.74) is -1.27. The molecular formula is C11H14N2O6S2. The molecule has 1 atom stereocenters. The van der Waals surface area contributed by atoms with E-state index >= 15 is 0 Å². The fraction of sp³-hybridized carbons (Fsp3) is 0.455. The Morgan fingerprint density at radius 1 is 1.29 bits per heavy atom. The third-order valence-corrected chi connectivity index (χ3v) is 6.80. The van der Waals surface area contributed by atoms with Crippen LogP contribution in [0.2, 0.25) is 0 Å². The highest BCUT2D eigenvalue weighted by molar-refractivity contribution is 7.92. The molecule has 0 aliphatic carbocycles. The third-order valence-electron chi connectivity index (χ3n) is 3.24. The number of nitro benzene ring substituents is 1. The van der Waals surface area contributed by atoms with Crippen molar-refractivity contribution in [2.75, 3.05) is 11.5 Å². The summed E-state index contributed by atoms with van der Waals surface area (Å²) in [6.07, 6.45) is 0.196. The van der Waals surface area contributed by atoms with Crippen LogP contribution in [0.5, 0.6) is 0 Å². The summed E-state index contributed by atoms with van der Waals surface area (Å²) < 4.78 is 49.8. The summed E-state index contributed by atoms with van der Waals surface area (Å²) in [4.78, 5) is 9.77. The molecule has 1 fully saturated rings. The second kappa shape index (κ2) is 5.04. The molecule has 1 aliphatic heterocycles. The minimum absolute atomic E-state index is 0.0632. The summed E-state index contributed by atoms with van der Waals surface area (Å²) in [5, 5.41) is 10.5. The Morgan fingerprint density at radius 3 is 2.29 bits per heavy atom. The van der Waals surface area contributed by atoms with Crippen molar-refractivity contribution in [3.63, 3.8) is 0 Å². The number of rotatable bonds is 4. The molecule has 116 valence electrons. The lowest BCUT2D eigenvalue weighted by Crippen LogP contribution is -2.46. The van der Waals surface area contributed by atoms with Crippen LogP contribution >= 0.6 is 0 Å². The maximum Gasteiger partial charge on any atom is 0.269 e. The molecule has 21 heavy (non-hydrogen) atoms. The summed E-state index contributed by atoms with van der Waals surface area (Å²) in [5.74, 6) is -0.321. The zero-order chi connectivity index (χ0) is 15.9. The molecule has 1 heterocycles. The predicted octanol–water partition coefficient (Wildman–Crippen LogP) is 0.450. The number of nitro groups is 1. The first-order chi connectivity index (χ1) is 9.53. The molecule has 1 unspecified atom stereocenters. The van der Waals surface area contributed by atoms with Crippen LogP contribution < -0.4 is 4.72 Å². The van der Waals surface area contributed by atoms with Gasteiger partial charge in [-0.15, -0.1) is 0 Å². The van der Waals surface area contributed by atoms with Crippen molar-refractivity contribution in [3.05, 3.63) is 34.4 Å². The van der Waals surface area contributed by atoms with E-state index in [0.29, 0.717) is 0 Å². The van der Waals surface area contributed by atoms with E-state index < -0.39 is 30.3 Å². The third kappa shape index (κ3) is 3.57. The molecule has 0 saturated carbocycles. The number of non-ortho nitro benzene ring substituents is 1. The van der Waals surface area contributed by atoms with Crippen LogP contribution in [0.1, 0.15) is 13.3 Å². The first kappa shape index (κ1) is 15.9. The molecule has 0 radical (unpaired) electrons. The largest absolute Gasteiger partial charge is 0.269 e. The SMILES string of the molecule is CC1(NS(=O)(=O)c2ccc([N+](=O)[O-])cc2)CCS(=O)(=O)C1. The second-order valence-corrected chi connectivity index (χ2v) is 9.13. The van der Waals surface area contributed by atoms with Crippen molar-refractivity contribution in [2.24, 2.45) is 0 Å². The standard InChI is InChI=1S/C11H14N2O6S2/c1-11(6-7-20(16,17)8-11)12-21(18,19)10-4-2-9(3-5-10)13(14)15/h2-5,12H,6-8H2,1H3. The summed E-state index contributed by atoms with van der Waals surface area (Å²) in [6.45, 7) is 1.53. The van der Waals surface area contributed by atoms with E-state index in [-0.39, 0.29) is 28.5 Å². The van der Waals surface area contributed by atoms with Crippen molar-refractivity contribution in [1.29, 1.82) is 0 Å². The van der Waals surface area contributed by atoms with Crippen LogP contribution in [0.15, 0.2) is 29.2 Å². The lowest BCUT2D eigenvalue weighted by molar-refractivity contribution is -0.384. The van der Waals surface area contributed by atoms with Crippen LogP contribution in [-0.4, -0.2) is 38.8 Å². The quantitative estimate of drug-likeness (QED) is 0.630. The van der Waals surface area contributed by atoms with Gasteiger partial charge in [0.15, 0.2) is 9.84 Å². The van der Waals surface area contributed by atoms with E-state index in [2.05, 4.69) is 4.72 Å². The predicted molar refractivity (Wildman–Crippen MR) is 75.1 cm³/mol. The zero-order valence-corrected chi connectivity index (χ0v) is 12.8. The lowest BCUT2D eigenvalue weighted by Gasteiger charge is -2.23. The zero-order valence-electron chi connectivity index (χ0n) is 11.1. The number of hydrogen-bond donors (Lipinski definition) is 1. The molecule has 1 aromatic rings. The van der Waals surface area contributed by atoms with Gasteiger partial charge in [-0.05, 0) is 25.5 Å². The molecule has 1 aromatic carbocycles. The summed E-state index contributed by atoms with van der Waals surface area (Å²) >= 11 is 0. The number of hydrogen-bond acceptors (Lipinski definition) is 6. The molecule has 0 spiro atoms. The first-order valence-electron chi connectivity index (χ1n) is 6.02. The van der Waals surface area contributed by atoms with Crippen molar-refractivity contribution in [2.45, 2.75) is 23.8 Å². The molecule has 1 saturated heterocycles. The van der Waals surface area contributed by atoms with Gasteiger partial charge in [0.25, 0.3) is 5.69 Å². The molecule has 0 aromatic heterocycles. The summed E-state index contributed by atoms with van der Waals surface area (Å²) in [7, 11) is -7.17. The average Bonchev–Trinajstić information content (AvgIpc) is 2.62. The Kier molecular flexibility index (Phi) is 3.80. The van der Waals surface area contributed by atoms with E-state index in [1.807, 2.05) is 0 Å². The Hall–Kier alpha value is -1.52. The molecule has 1 N–H and O–H groups in total. The van der Waals surface area contributed by atoms with Crippen molar-refractivity contribution >= 4 is 25.5 Å². The van der Waals surface area contributed by atoms with Crippen LogP contribution in [-0.2, 0) is 19.9 Å². The number of nitrogens with zero attached hydrogens (tertiary/aromatic N) is 1. The molecule has 8 nitrogen and oxygen atoms in total. The minimum Gasteiger partial charge on any atom is -0.258 e. The Labute approximate surface area is 122 Å². The van der Waals surface area contributed by atoms with Gasteiger partial charge in [-0.2, -0.15) is 0 Å². The monoisotopic (exact) mass is 334 g/mol. The van der Waals surface area contributed by atoms with Gasteiger partial charge in [0, 0.05) is 17.7 Å².